The summed E-state index contributed by atoms with van der Waals surface area (Å²) in [5.74, 6) is 0.840. The maximum atomic E-state index is 11.6. The molecule has 0 radical (unpaired) electrons. The molecular formula is C14H16ClN3O2S. The van der Waals surface area contributed by atoms with E-state index in [1.54, 1.807) is 16.8 Å². The van der Waals surface area contributed by atoms with Crippen molar-refractivity contribution in [3.63, 3.8) is 0 Å². The summed E-state index contributed by atoms with van der Waals surface area (Å²) in [4.78, 5) is 0. The molecule has 1 saturated heterocycles. The molecule has 1 atom stereocenters. The van der Waals surface area contributed by atoms with Crippen molar-refractivity contribution in [2.45, 2.75) is 19.4 Å². The Morgan fingerprint density at radius 3 is 2.57 bits per heavy atom. The predicted molar refractivity (Wildman–Crippen MR) is 84.1 cm³/mol. The molecule has 112 valence electrons. The van der Waals surface area contributed by atoms with Crippen LogP contribution >= 0.6 is 11.6 Å². The van der Waals surface area contributed by atoms with Crippen LogP contribution in [-0.2, 0) is 9.84 Å². The van der Waals surface area contributed by atoms with E-state index in [1.165, 1.54) is 0 Å². The number of hydrogen-bond acceptors (Lipinski definition) is 4. The minimum Gasteiger partial charge on any atom is -0.384 e. The van der Waals surface area contributed by atoms with Gasteiger partial charge >= 0.3 is 0 Å². The summed E-state index contributed by atoms with van der Waals surface area (Å²) in [7, 11) is -2.97. The van der Waals surface area contributed by atoms with Gasteiger partial charge in [0.25, 0.3) is 0 Å². The molecule has 0 aliphatic carbocycles. The van der Waals surface area contributed by atoms with Crippen molar-refractivity contribution in [2.75, 3.05) is 17.2 Å². The van der Waals surface area contributed by atoms with E-state index in [9.17, 15) is 8.42 Å². The quantitative estimate of drug-likeness (QED) is 0.920. The van der Waals surface area contributed by atoms with Crippen LogP contribution in [0.5, 0.6) is 0 Å². The number of nitrogen functional groups attached to an aromatic ring is 1. The Morgan fingerprint density at radius 1 is 1.33 bits per heavy atom. The van der Waals surface area contributed by atoms with Gasteiger partial charge < -0.3 is 5.73 Å². The zero-order valence-electron chi connectivity index (χ0n) is 11.6. The molecule has 1 aliphatic rings. The normalized spacial score (nSPS) is 20.8. The minimum atomic E-state index is -2.97. The van der Waals surface area contributed by atoms with E-state index < -0.39 is 9.84 Å². The van der Waals surface area contributed by atoms with Gasteiger partial charge in [0.05, 0.1) is 23.2 Å². The molecule has 0 amide bonds. The molecule has 1 unspecified atom stereocenters. The van der Waals surface area contributed by atoms with Crippen LogP contribution in [0.25, 0.3) is 11.3 Å². The van der Waals surface area contributed by atoms with E-state index >= 15 is 0 Å². The molecular weight excluding hydrogens is 310 g/mol. The summed E-state index contributed by atoms with van der Waals surface area (Å²) >= 11 is 5.89. The van der Waals surface area contributed by atoms with E-state index in [-0.39, 0.29) is 17.5 Å². The highest BCUT2D eigenvalue weighted by Gasteiger charge is 2.31. The topological polar surface area (TPSA) is 78.0 Å². The van der Waals surface area contributed by atoms with E-state index in [4.69, 9.17) is 17.3 Å². The molecule has 5 nitrogen and oxygen atoms in total. The lowest BCUT2D eigenvalue weighted by atomic mass is 10.1. The molecule has 1 aromatic heterocycles. The summed E-state index contributed by atoms with van der Waals surface area (Å²) in [6.45, 7) is 1.90. The van der Waals surface area contributed by atoms with Crippen LogP contribution in [0.3, 0.4) is 0 Å². The number of hydrogen-bond donors (Lipinski definition) is 1. The molecule has 2 aromatic rings. The minimum absolute atomic E-state index is 0.110. The van der Waals surface area contributed by atoms with Crippen LogP contribution in [0.2, 0.25) is 5.02 Å². The summed E-state index contributed by atoms with van der Waals surface area (Å²) in [5.41, 5.74) is 8.67. The lowest BCUT2D eigenvalue weighted by Crippen LogP contribution is -2.14. The van der Waals surface area contributed by atoms with Gasteiger partial charge in [-0.2, -0.15) is 5.10 Å². The van der Waals surface area contributed by atoms with Crippen molar-refractivity contribution >= 4 is 27.3 Å². The Kier molecular flexibility index (Phi) is 3.45. The molecule has 2 heterocycles. The molecule has 0 bridgehead atoms. The van der Waals surface area contributed by atoms with Crippen molar-refractivity contribution < 1.29 is 8.42 Å². The Bertz CT molecular complexity index is 781. The number of nitrogens with two attached hydrogens (primary N) is 1. The number of sulfone groups is 1. The number of nitrogens with zero attached hydrogens (tertiary/aromatic N) is 2. The van der Waals surface area contributed by atoms with Crippen LogP contribution < -0.4 is 5.73 Å². The fraction of sp³-hybridized carbons (Fsp3) is 0.357. The summed E-state index contributed by atoms with van der Waals surface area (Å²) in [6, 6.07) is 7.19. The highest BCUT2D eigenvalue weighted by atomic mass is 35.5. The van der Waals surface area contributed by atoms with Crippen molar-refractivity contribution in [2.24, 2.45) is 0 Å². The number of benzene rings is 1. The average Bonchev–Trinajstić information content (AvgIpc) is 2.93. The molecule has 3 rings (SSSR count). The standard InChI is InChI=1S/C14H16ClN3O2S/c1-9-13(10-2-4-11(15)5-3-10)17-18(14(9)16)12-6-7-21(19,20)8-12/h2-5,12H,6-8,16H2,1H3. The summed E-state index contributed by atoms with van der Waals surface area (Å²) in [6.07, 6.45) is 0.563. The van der Waals surface area contributed by atoms with Gasteiger partial charge in [-0.25, -0.2) is 13.1 Å². The SMILES string of the molecule is Cc1c(-c2ccc(Cl)cc2)nn(C2CCS(=O)(=O)C2)c1N. The second-order valence-corrected chi connectivity index (χ2v) is 8.03. The Morgan fingerprint density at radius 2 is 2.00 bits per heavy atom. The van der Waals surface area contributed by atoms with E-state index in [0.29, 0.717) is 17.3 Å². The van der Waals surface area contributed by atoms with E-state index in [2.05, 4.69) is 5.10 Å². The number of rotatable bonds is 2. The van der Waals surface area contributed by atoms with Crippen LogP contribution in [0.15, 0.2) is 24.3 Å². The zero-order valence-corrected chi connectivity index (χ0v) is 13.2. The van der Waals surface area contributed by atoms with Crippen molar-refractivity contribution in [1.82, 2.24) is 9.78 Å². The maximum absolute atomic E-state index is 11.6. The van der Waals surface area contributed by atoms with Crippen LogP contribution in [0.1, 0.15) is 18.0 Å². The molecule has 1 aliphatic heterocycles. The Labute approximate surface area is 128 Å². The molecule has 1 aromatic carbocycles. The molecule has 1 fully saturated rings. The van der Waals surface area contributed by atoms with Gasteiger partial charge in [0, 0.05) is 16.1 Å². The van der Waals surface area contributed by atoms with Gasteiger partial charge in [0.2, 0.25) is 0 Å². The molecule has 7 heteroatoms. The number of aromatic nitrogens is 2. The lowest BCUT2D eigenvalue weighted by molar-refractivity contribution is 0.508. The monoisotopic (exact) mass is 325 g/mol. The Balaban J connectivity index is 2.02. The van der Waals surface area contributed by atoms with Crippen LogP contribution in [-0.4, -0.2) is 29.7 Å². The third-order valence-corrected chi connectivity index (χ3v) is 5.87. The largest absolute Gasteiger partial charge is 0.384 e. The first-order valence-corrected chi connectivity index (χ1v) is 8.88. The third-order valence-electron chi connectivity index (χ3n) is 3.87. The van der Waals surface area contributed by atoms with Gasteiger partial charge in [0.15, 0.2) is 9.84 Å². The van der Waals surface area contributed by atoms with Gasteiger partial charge in [0.1, 0.15) is 5.82 Å². The van der Waals surface area contributed by atoms with Gasteiger partial charge in [-0.3, -0.25) is 0 Å². The van der Waals surface area contributed by atoms with Gasteiger partial charge in [-0.15, -0.1) is 0 Å². The fourth-order valence-corrected chi connectivity index (χ4v) is 4.48. The first-order chi connectivity index (χ1) is 9.87. The zero-order chi connectivity index (χ0) is 15.2. The van der Waals surface area contributed by atoms with Gasteiger partial charge in [-0.1, -0.05) is 23.7 Å². The highest BCUT2D eigenvalue weighted by Crippen LogP contribution is 2.32. The number of halogens is 1. The maximum Gasteiger partial charge on any atom is 0.152 e. The highest BCUT2D eigenvalue weighted by molar-refractivity contribution is 7.91. The van der Waals surface area contributed by atoms with Crippen molar-refractivity contribution in [3.8, 4) is 11.3 Å². The molecule has 2 N–H and O–H groups in total. The first-order valence-electron chi connectivity index (χ1n) is 6.68. The van der Waals surface area contributed by atoms with Crippen molar-refractivity contribution in [3.05, 3.63) is 34.9 Å². The number of anilines is 1. The smallest absolute Gasteiger partial charge is 0.152 e. The summed E-state index contributed by atoms with van der Waals surface area (Å²) in [5, 5.41) is 5.20. The van der Waals surface area contributed by atoms with E-state index in [0.717, 1.165) is 16.8 Å². The lowest BCUT2D eigenvalue weighted by Gasteiger charge is -2.10. The predicted octanol–water partition coefficient (Wildman–Crippen LogP) is 2.45. The van der Waals surface area contributed by atoms with Crippen molar-refractivity contribution in [1.29, 1.82) is 0 Å². The van der Waals surface area contributed by atoms with Crippen LogP contribution in [0.4, 0.5) is 5.82 Å². The molecule has 0 spiro atoms. The Hall–Kier alpha value is -1.53. The van der Waals surface area contributed by atoms with Gasteiger partial charge in [-0.05, 0) is 25.5 Å². The second-order valence-electron chi connectivity index (χ2n) is 5.37. The fourth-order valence-electron chi connectivity index (χ4n) is 2.66. The average molecular weight is 326 g/mol. The molecule has 21 heavy (non-hydrogen) atoms. The van der Waals surface area contributed by atoms with E-state index in [1.807, 2.05) is 19.1 Å². The molecule has 0 saturated carbocycles. The first kappa shape index (κ1) is 14.4. The summed E-state index contributed by atoms with van der Waals surface area (Å²) < 4.78 is 24.9. The third kappa shape index (κ3) is 2.65. The van der Waals surface area contributed by atoms with Crippen LogP contribution in [0, 0.1) is 6.92 Å². The second kappa shape index (κ2) is 5.03.